The van der Waals surface area contributed by atoms with Gasteiger partial charge >= 0.3 is 6.03 Å². The summed E-state index contributed by atoms with van der Waals surface area (Å²) < 4.78 is 10.8. The Balaban J connectivity index is 1.19. The van der Waals surface area contributed by atoms with Crippen molar-refractivity contribution in [3.05, 3.63) is 41.8 Å². The lowest BCUT2D eigenvalue weighted by Gasteiger charge is -2.39. The van der Waals surface area contributed by atoms with E-state index in [1.54, 1.807) is 17.3 Å². The molecule has 1 unspecified atom stereocenters. The van der Waals surface area contributed by atoms with Crippen LogP contribution in [0.15, 0.2) is 29.0 Å². The molecule has 8 nitrogen and oxygen atoms in total. The molecule has 0 bridgehead atoms. The van der Waals surface area contributed by atoms with Gasteiger partial charge in [-0.2, -0.15) is 4.98 Å². The van der Waals surface area contributed by atoms with E-state index in [0.29, 0.717) is 30.6 Å². The molecule has 2 aromatic heterocycles. The van der Waals surface area contributed by atoms with Crippen LogP contribution in [0.5, 0.6) is 0 Å². The molecule has 2 aliphatic rings. The van der Waals surface area contributed by atoms with E-state index in [-0.39, 0.29) is 12.1 Å². The number of amides is 2. The fraction of sp³-hybridized carbons (Fsp3) is 0.529. The van der Waals surface area contributed by atoms with Gasteiger partial charge in [0.15, 0.2) is 5.82 Å². The van der Waals surface area contributed by atoms with Crippen LogP contribution in [0, 0.1) is 0 Å². The number of likely N-dealkylation sites (tertiary alicyclic amines) is 1. The van der Waals surface area contributed by atoms with Crippen molar-refractivity contribution >= 4 is 6.03 Å². The predicted molar refractivity (Wildman–Crippen MR) is 87.9 cm³/mol. The molecule has 4 heterocycles. The number of ether oxygens (including phenoxy) is 1. The third kappa shape index (κ3) is 3.63. The number of urea groups is 1. The molecule has 2 fully saturated rings. The van der Waals surface area contributed by atoms with Gasteiger partial charge in [-0.15, -0.1) is 0 Å². The minimum absolute atomic E-state index is 0.0480. The van der Waals surface area contributed by atoms with Crippen LogP contribution in [0.2, 0.25) is 0 Å². The second kappa shape index (κ2) is 7.18. The second-order valence-corrected chi connectivity index (χ2v) is 6.41. The third-order valence-electron chi connectivity index (χ3n) is 4.66. The highest BCUT2D eigenvalue weighted by atomic mass is 16.5. The topological polar surface area (TPSA) is 93.4 Å². The summed E-state index contributed by atoms with van der Waals surface area (Å²) in [5, 5.41) is 6.86. The first-order valence-corrected chi connectivity index (χ1v) is 8.66. The van der Waals surface area contributed by atoms with Gasteiger partial charge < -0.3 is 19.5 Å². The standard InChI is InChI=1S/C17H21N5O3/c23-17(22-10-13(11-22)12-3-6-18-7-4-12)19-8-5-15-20-16(25-21-15)14-2-1-9-24-14/h3-4,6-7,13-14H,1-2,5,8-11H2,(H,19,23). The highest BCUT2D eigenvalue weighted by Crippen LogP contribution is 2.27. The number of nitrogens with zero attached hydrogens (tertiary/aromatic N) is 4. The number of aromatic nitrogens is 3. The van der Waals surface area contributed by atoms with Crippen LogP contribution >= 0.6 is 0 Å². The molecule has 25 heavy (non-hydrogen) atoms. The second-order valence-electron chi connectivity index (χ2n) is 6.41. The Morgan fingerprint density at radius 1 is 1.32 bits per heavy atom. The number of rotatable bonds is 5. The molecule has 2 aromatic rings. The van der Waals surface area contributed by atoms with Crippen LogP contribution in [0.25, 0.3) is 0 Å². The molecule has 8 heteroatoms. The van der Waals surface area contributed by atoms with E-state index in [4.69, 9.17) is 9.26 Å². The van der Waals surface area contributed by atoms with Gasteiger partial charge in [0.25, 0.3) is 5.89 Å². The quantitative estimate of drug-likeness (QED) is 0.887. The maximum Gasteiger partial charge on any atom is 0.317 e. The van der Waals surface area contributed by atoms with Crippen molar-refractivity contribution in [2.24, 2.45) is 0 Å². The van der Waals surface area contributed by atoms with Gasteiger partial charge in [-0.3, -0.25) is 4.98 Å². The van der Waals surface area contributed by atoms with Crippen molar-refractivity contribution in [1.29, 1.82) is 0 Å². The lowest BCUT2D eigenvalue weighted by molar-refractivity contribution is 0.0835. The summed E-state index contributed by atoms with van der Waals surface area (Å²) >= 11 is 0. The molecule has 4 rings (SSSR count). The van der Waals surface area contributed by atoms with Gasteiger partial charge in [-0.1, -0.05) is 5.16 Å². The van der Waals surface area contributed by atoms with E-state index in [2.05, 4.69) is 20.4 Å². The average Bonchev–Trinajstić information content (AvgIpc) is 3.26. The summed E-state index contributed by atoms with van der Waals surface area (Å²) in [6, 6.07) is 3.96. The van der Waals surface area contributed by atoms with Crippen LogP contribution in [0.1, 0.15) is 42.1 Å². The maximum atomic E-state index is 12.1. The lowest BCUT2D eigenvalue weighted by Crippen LogP contribution is -2.52. The molecule has 1 N–H and O–H groups in total. The van der Waals surface area contributed by atoms with Gasteiger partial charge in [0, 0.05) is 51.0 Å². The van der Waals surface area contributed by atoms with Gasteiger partial charge in [-0.25, -0.2) is 4.79 Å². The van der Waals surface area contributed by atoms with E-state index in [1.807, 2.05) is 12.1 Å². The molecular formula is C17H21N5O3. The predicted octanol–water partition coefficient (Wildman–Crippen LogP) is 1.67. The van der Waals surface area contributed by atoms with Gasteiger partial charge in [0.1, 0.15) is 6.10 Å². The molecule has 2 saturated heterocycles. The summed E-state index contributed by atoms with van der Waals surface area (Å²) in [5.41, 5.74) is 1.23. The molecule has 1 atom stereocenters. The Hall–Kier alpha value is -2.48. The number of carbonyl (C=O) groups excluding carboxylic acids is 1. The van der Waals surface area contributed by atoms with E-state index in [1.165, 1.54) is 5.56 Å². The zero-order valence-electron chi connectivity index (χ0n) is 13.9. The van der Waals surface area contributed by atoms with E-state index < -0.39 is 0 Å². The summed E-state index contributed by atoms with van der Waals surface area (Å²) in [6.07, 6.45) is 5.99. The van der Waals surface area contributed by atoms with E-state index >= 15 is 0 Å². The first-order chi connectivity index (χ1) is 12.3. The van der Waals surface area contributed by atoms with Crippen LogP contribution in [0.4, 0.5) is 4.79 Å². The SMILES string of the molecule is O=C(NCCc1noc(C2CCCO2)n1)N1CC(c2ccncc2)C1. The Bertz CT molecular complexity index is 708. The van der Waals surface area contributed by atoms with Gasteiger partial charge in [0.05, 0.1) is 0 Å². The van der Waals surface area contributed by atoms with Crippen molar-refractivity contribution in [2.75, 3.05) is 26.2 Å². The van der Waals surface area contributed by atoms with Crippen molar-refractivity contribution < 1.29 is 14.1 Å². The number of pyridine rings is 1. The highest BCUT2D eigenvalue weighted by molar-refractivity contribution is 5.75. The smallest absolute Gasteiger partial charge is 0.317 e. The van der Waals surface area contributed by atoms with Crippen LogP contribution < -0.4 is 5.32 Å². The Labute approximate surface area is 145 Å². The van der Waals surface area contributed by atoms with E-state index in [0.717, 1.165) is 32.5 Å². The molecule has 132 valence electrons. The molecule has 0 saturated carbocycles. The zero-order valence-corrected chi connectivity index (χ0v) is 13.9. The fourth-order valence-electron chi connectivity index (χ4n) is 3.16. The monoisotopic (exact) mass is 343 g/mol. The molecule has 0 aliphatic carbocycles. The first-order valence-electron chi connectivity index (χ1n) is 8.66. The largest absolute Gasteiger partial charge is 0.368 e. The zero-order chi connectivity index (χ0) is 17.1. The minimum atomic E-state index is -0.0675. The highest BCUT2D eigenvalue weighted by Gasteiger charge is 2.31. The van der Waals surface area contributed by atoms with Gasteiger partial charge in [0.2, 0.25) is 0 Å². The van der Waals surface area contributed by atoms with Crippen LogP contribution in [-0.4, -0.2) is 52.3 Å². The van der Waals surface area contributed by atoms with Crippen molar-refractivity contribution in [2.45, 2.75) is 31.3 Å². The number of hydrogen-bond acceptors (Lipinski definition) is 6. The summed E-state index contributed by atoms with van der Waals surface area (Å²) in [7, 11) is 0. The Morgan fingerprint density at radius 2 is 2.16 bits per heavy atom. The summed E-state index contributed by atoms with van der Waals surface area (Å²) in [6.45, 7) is 2.71. The summed E-state index contributed by atoms with van der Waals surface area (Å²) in [5.74, 6) is 1.55. The number of hydrogen-bond donors (Lipinski definition) is 1. The van der Waals surface area contributed by atoms with Crippen molar-refractivity contribution in [3.63, 3.8) is 0 Å². The lowest BCUT2D eigenvalue weighted by atomic mass is 9.93. The molecule has 2 aliphatic heterocycles. The maximum absolute atomic E-state index is 12.1. The first kappa shape index (κ1) is 16.0. The molecule has 2 amide bonds. The van der Waals surface area contributed by atoms with Crippen molar-refractivity contribution in [1.82, 2.24) is 25.3 Å². The Morgan fingerprint density at radius 3 is 2.92 bits per heavy atom. The van der Waals surface area contributed by atoms with Gasteiger partial charge in [-0.05, 0) is 30.5 Å². The third-order valence-corrected chi connectivity index (χ3v) is 4.66. The Kier molecular flexibility index (Phi) is 4.60. The normalized spacial score (nSPS) is 20.5. The summed E-state index contributed by atoms with van der Waals surface area (Å²) in [4.78, 5) is 22.3. The minimum Gasteiger partial charge on any atom is -0.368 e. The van der Waals surface area contributed by atoms with Crippen LogP contribution in [0.3, 0.4) is 0 Å². The molecule has 0 radical (unpaired) electrons. The van der Waals surface area contributed by atoms with E-state index in [9.17, 15) is 4.79 Å². The molecule has 0 spiro atoms. The number of carbonyl (C=O) groups is 1. The number of nitrogens with one attached hydrogen (secondary N) is 1. The van der Waals surface area contributed by atoms with Crippen LogP contribution in [-0.2, 0) is 11.2 Å². The molecule has 0 aromatic carbocycles. The molecular weight excluding hydrogens is 322 g/mol. The average molecular weight is 343 g/mol. The fourth-order valence-corrected chi connectivity index (χ4v) is 3.16. The van der Waals surface area contributed by atoms with Crippen molar-refractivity contribution in [3.8, 4) is 0 Å².